The standard InChI is InChI=1S/C14H22N6O3/c15-12(21)13-17-9-20(18-13)10-3-1-5-19(8-10)14(22)16-7-11-4-2-6-23-11/h9-11H,1-8H2,(H2,15,21)(H,16,22)/t10-,11+/m0/s1. The molecule has 126 valence electrons. The maximum atomic E-state index is 12.3. The second-order valence-corrected chi connectivity index (χ2v) is 5.98. The smallest absolute Gasteiger partial charge is 0.317 e. The van der Waals surface area contributed by atoms with Crippen molar-refractivity contribution in [1.82, 2.24) is 25.0 Å². The minimum atomic E-state index is -0.647. The Morgan fingerprint density at radius 1 is 1.39 bits per heavy atom. The van der Waals surface area contributed by atoms with Crippen LogP contribution in [0, 0.1) is 0 Å². The number of rotatable bonds is 4. The molecule has 3 N–H and O–H groups in total. The van der Waals surface area contributed by atoms with Gasteiger partial charge in [-0.3, -0.25) is 4.79 Å². The Morgan fingerprint density at radius 2 is 2.26 bits per heavy atom. The van der Waals surface area contributed by atoms with Crippen LogP contribution in [0.1, 0.15) is 42.3 Å². The summed E-state index contributed by atoms with van der Waals surface area (Å²) in [6, 6.07) is -0.0710. The molecule has 3 heterocycles. The predicted molar refractivity (Wildman–Crippen MR) is 80.8 cm³/mol. The molecule has 0 aromatic carbocycles. The minimum absolute atomic E-state index is 0.00459. The van der Waals surface area contributed by atoms with E-state index < -0.39 is 5.91 Å². The van der Waals surface area contributed by atoms with E-state index in [1.807, 2.05) is 0 Å². The molecule has 2 atom stereocenters. The number of ether oxygens (including phenoxy) is 1. The molecule has 3 amide bonds. The molecule has 0 bridgehead atoms. The zero-order valence-corrected chi connectivity index (χ0v) is 13.0. The molecule has 2 fully saturated rings. The van der Waals surface area contributed by atoms with E-state index in [1.165, 1.54) is 6.33 Å². The fourth-order valence-corrected chi connectivity index (χ4v) is 3.04. The summed E-state index contributed by atoms with van der Waals surface area (Å²) >= 11 is 0. The lowest BCUT2D eigenvalue weighted by atomic mass is 10.1. The van der Waals surface area contributed by atoms with E-state index in [2.05, 4.69) is 15.4 Å². The van der Waals surface area contributed by atoms with Crippen LogP contribution in [0.4, 0.5) is 4.79 Å². The highest BCUT2D eigenvalue weighted by atomic mass is 16.5. The lowest BCUT2D eigenvalue weighted by Crippen LogP contribution is -2.47. The zero-order valence-electron chi connectivity index (χ0n) is 13.0. The predicted octanol–water partition coefficient (Wildman–Crippen LogP) is -0.0975. The summed E-state index contributed by atoms with van der Waals surface area (Å²) in [6.07, 6.45) is 5.45. The van der Waals surface area contributed by atoms with Crippen LogP contribution in [-0.4, -0.2) is 63.9 Å². The van der Waals surface area contributed by atoms with Gasteiger partial charge in [-0.05, 0) is 25.7 Å². The van der Waals surface area contributed by atoms with E-state index in [0.717, 1.165) is 32.3 Å². The molecule has 1 aromatic rings. The number of nitrogens with one attached hydrogen (secondary N) is 1. The Bertz CT molecular complexity index is 569. The molecule has 2 aliphatic heterocycles. The van der Waals surface area contributed by atoms with E-state index in [4.69, 9.17) is 10.5 Å². The van der Waals surface area contributed by atoms with Crippen LogP contribution < -0.4 is 11.1 Å². The van der Waals surface area contributed by atoms with E-state index in [0.29, 0.717) is 19.6 Å². The topological polar surface area (TPSA) is 115 Å². The summed E-state index contributed by atoms with van der Waals surface area (Å²) in [5.41, 5.74) is 5.17. The highest BCUT2D eigenvalue weighted by molar-refractivity contribution is 5.88. The average Bonchev–Trinajstić information content (AvgIpc) is 3.24. The van der Waals surface area contributed by atoms with Crippen molar-refractivity contribution in [2.45, 2.75) is 37.8 Å². The van der Waals surface area contributed by atoms with Crippen LogP contribution in [0.3, 0.4) is 0 Å². The second kappa shape index (κ2) is 6.95. The van der Waals surface area contributed by atoms with Crippen molar-refractivity contribution in [1.29, 1.82) is 0 Å². The maximum absolute atomic E-state index is 12.3. The molecule has 0 radical (unpaired) electrons. The lowest BCUT2D eigenvalue weighted by molar-refractivity contribution is 0.0988. The Labute approximate surface area is 134 Å². The summed E-state index contributed by atoms with van der Waals surface area (Å²) in [7, 11) is 0. The summed E-state index contributed by atoms with van der Waals surface area (Å²) in [6.45, 7) is 2.58. The molecule has 1 aromatic heterocycles. The van der Waals surface area contributed by atoms with E-state index in [9.17, 15) is 9.59 Å². The molecule has 9 heteroatoms. The van der Waals surface area contributed by atoms with Crippen LogP contribution >= 0.6 is 0 Å². The highest BCUT2D eigenvalue weighted by Crippen LogP contribution is 2.20. The highest BCUT2D eigenvalue weighted by Gasteiger charge is 2.26. The fraction of sp³-hybridized carbons (Fsp3) is 0.714. The monoisotopic (exact) mass is 322 g/mol. The molecular weight excluding hydrogens is 300 g/mol. The van der Waals surface area contributed by atoms with Crippen molar-refractivity contribution in [3.63, 3.8) is 0 Å². The summed E-state index contributed by atoms with van der Waals surface area (Å²) in [5.74, 6) is -0.643. The quantitative estimate of drug-likeness (QED) is 0.803. The SMILES string of the molecule is NC(=O)c1ncn([C@H]2CCCN(C(=O)NC[C@H]3CCCO3)C2)n1. The van der Waals surface area contributed by atoms with Crippen LogP contribution in [-0.2, 0) is 4.74 Å². The molecule has 9 nitrogen and oxygen atoms in total. The van der Waals surface area contributed by atoms with Crippen LogP contribution in [0.15, 0.2) is 6.33 Å². The van der Waals surface area contributed by atoms with E-state index >= 15 is 0 Å². The third kappa shape index (κ3) is 3.79. The number of hydrogen-bond acceptors (Lipinski definition) is 5. The number of urea groups is 1. The number of nitrogens with zero attached hydrogens (tertiary/aromatic N) is 4. The molecule has 0 aliphatic carbocycles. The van der Waals surface area contributed by atoms with Gasteiger partial charge in [0.1, 0.15) is 6.33 Å². The first-order chi connectivity index (χ1) is 11.1. The summed E-state index contributed by atoms with van der Waals surface area (Å²) < 4.78 is 7.13. The molecular formula is C14H22N6O3. The molecule has 3 rings (SSSR count). The lowest BCUT2D eigenvalue weighted by Gasteiger charge is -2.32. The molecule has 0 spiro atoms. The number of amides is 3. The van der Waals surface area contributed by atoms with Gasteiger partial charge in [-0.15, -0.1) is 5.10 Å². The number of likely N-dealkylation sites (tertiary alicyclic amines) is 1. The van der Waals surface area contributed by atoms with Gasteiger partial charge in [0.25, 0.3) is 5.91 Å². The number of nitrogens with two attached hydrogens (primary N) is 1. The number of carbonyl (C=O) groups excluding carboxylic acids is 2. The average molecular weight is 322 g/mol. The van der Waals surface area contributed by atoms with Gasteiger partial charge >= 0.3 is 6.03 Å². The number of aromatic nitrogens is 3. The summed E-state index contributed by atoms with van der Waals surface area (Å²) in [5, 5.41) is 7.02. The maximum Gasteiger partial charge on any atom is 0.317 e. The fourth-order valence-electron chi connectivity index (χ4n) is 3.04. The van der Waals surface area contributed by atoms with Gasteiger partial charge in [0.15, 0.2) is 0 Å². The van der Waals surface area contributed by atoms with Crippen LogP contribution in [0.25, 0.3) is 0 Å². The van der Waals surface area contributed by atoms with E-state index in [-0.39, 0.29) is 24.0 Å². The molecule has 0 saturated carbocycles. The Balaban J connectivity index is 1.54. The Kier molecular flexibility index (Phi) is 4.75. The first-order valence-electron chi connectivity index (χ1n) is 7.99. The van der Waals surface area contributed by atoms with Gasteiger partial charge in [0, 0.05) is 26.2 Å². The number of hydrogen-bond donors (Lipinski definition) is 2. The largest absolute Gasteiger partial charge is 0.376 e. The summed E-state index contributed by atoms with van der Waals surface area (Å²) in [4.78, 5) is 29.0. The second-order valence-electron chi connectivity index (χ2n) is 5.98. The third-order valence-corrected chi connectivity index (χ3v) is 4.29. The Hall–Kier alpha value is -2.16. The number of carbonyl (C=O) groups is 2. The van der Waals surface area contributed by atoms with Crippen LogP contribution in [0.2, 0.25) is 0 Å². The molecule has 0 unspecified atom stereocenters. The Morgan fingerprint density at radius 3 is 2.96 bits per heavy atom. The van der Waals surface area contributed by atoms with Gasteiger partial charge < -0.3 is 20.7 Å². The van der Waals surface area contributed by atoms with E-state index in [1.54, 1.807) is 9.58 Å². The van der Waals surface area contributed by atoms with Gasteiger partial charge in [0.05, 0.1) is 12.1 Å². The van der Waals surface area contributed by atoms with Crippen molar-refractivity contribution < 1.29 is 14.3 Å². The molecule has 23 heavy (non-hydrogen) atoms. The molecule has 2 aliphatic rings. The van der Waals surface area contributed by atoms with Gasteiger partial charge in [-0.1, -0.05) is 0 Å². The van der Waals surface area contributed by atoms with Gasteiger partial charge in [-0.2, -0.15) is 0 Å². The first kappa shape index (κ1) is 15.7. The normalized spacial score (nSPS) is 24.6. The van der Waals surface area contributed by atoms with Crippen molar-refractivity contribution >= 4 is 11.9 Å². The van der Waals surface area contributed by atoms with Crippen LogP contribution in [0.5, 0.6) is 0 Å². The van der Waals surface area contributed by atoms with Crippen molar-refractivity contribution in [3.8, 4) is 0 Å². The zero-order chi connectivity index (χ0) is 16.2. The third-order valence-electron chi connectivity index (χ3n) is 4.29. The van der Waals surface area contributed by atoms with Crippen molar-refractivity contribution in [3.05, 3.63) is 12.2 Å². The number of primary amides is 1. The molecule has 2 saturated heterocycles. The van der Waals surface area contributed by atoms with Gasteiger partial charge in [0.2, 0.25) is 5.82 Å². The van der Waals surface area contributed by atoms with Crippen molar-refractivity contribution in [2.75, 3.05) is 26.2 Å². The van der Waals surface area contributed by atoms with Gasteiger partial charge in [-0.25, -0.2) is 14.5 Å². The minimum Gasteiger partial charge on any atom is -0.376 e. The number of piperidine rings is 1. The first-order valence-corrected chi connectivity index (χ1v) is 7.99. The van der Waals surface area contributed by atoms with Crippen molar-refractivity contribution in [2.24, 2.45) is 5.73 Å².